The summed E-state index contributed by atoms with van der Waals surface area (Å²) >= 11 is 0. The first-order valence-corrected chi connectivity index (χ1v) is 15.7. The molecular weight excluding hydrogens is 529 g/mol. The van der Waals surface area contributed by atoms with Crippen LogP contribution in [0.4, 0.5) is 4.39 Å². The van der Waals surface area contributed by atoms with Gasteiger partial charge in [0, 0.05) is 56.3 Å². The summed E-state index contributed by atoms with van der Waals surface area (Å²) in [6, 6.07) is -0.850. The van der Waals surface area contributed by atoms with Crippen LogP contribution in [0.15, 0.2) is 0 Å². The second kappa shape index (κ2) is 17.6. The number of carbonyl (C=O) groups excluding carboxylic acids is 3. The van der Waals surface area contributed by atoms with Gasteiger partial charge in [-0.25, -0.2) is 9.18 Å². The third-order valence-electron chi connectivity index (χ3n) is 6.40. The molecule has 8 nitrogen and oxygen atoms in total. The van der Waals surface area contributed by atoms with Crippen molar-refractivity contribution in [2.75, 3.05) is 25.9 Å². The van der Waals surface area contributed by atoms with Gasteiger partial charge in [0.25, 0.3) is 5.91 Å². The molecular formula is C27H44FN3O5S2. The highest BCUT2D eigenvalue weighted by molar-refractivity contribution is 8.77. The third kappa shape index (κ3) is 13.7. The predicted octanol–water partition coefficient (Wildman–Crippen LogP) is 4.33. The fourth-order valence-electron chi connectivity index (χ4n) is 3.65. The number of aliphatic carboxylic acids is 1. The Morgan fingerprint density at radius 2 is 1.82 bits per heavy atom. The highest BCUT2D eigenvalue weighted by Crippen LogP contribution is 2.38. The quantitative estimate of drug-likeness (QED) is 0.135. The first-order chi connectivity index (χ1) is 17.9. The summed E-state index contributed by atoms with van der Waals surface area (Å²) in [4.78, 5) is 48.8. The van der Waals surface area contributed by atoms with E-state index in [0.29, 0.717) is 51.6 Å². The van der Waals surface area contributed by atoms with E-state index in [1.54, 1.807) is 21.6 Å². The van der Waals surface area contributed by atoms with Gasteiger partial charge in [-0.1, -0.05) is 46.3 Å². The molecule has 1 aliphatic rings. The number of carbonyl (C=O) groups is 4. The van der Waals surface area contributed by atoms with E-state index in [1.807, 2.05) is 13.8 Å². The van der Waals surface area contributed by atoms with E-state index in [0.717, 1.165) is 25.0 Å². The summed E-state index contributed by atoms with van der Waals surface area (Å²) in [5.41, 5.74) is -2.08. The number of unbranched alkanes of at least 4 members (excludes halogenated alkanes) is 2. The molecule has 1 rings (SSSR count). The van der Waals surface area contributed by atoms with Gasteiger partial charge in [-0.15, -0.1) is 0 Å². The molecule has 1 aliphatic carbocycles. The van der Waals surface area contributed by atoms with Gasteiger partial charge in [0.1, 0.15) is 6.04 Å². The Morgan fingerprint density at radius 3 is 2.53 bits per heavy atom. The van der Waals surface area contributed by atoms with Crippen molar-refractivity contribution in [3.8, 4) is 11.8 Å². The van der Waals surface area contributed by atoms with Crippen LogP contribution >= 0.6 is 21.6 Å². The average Bonchev–Trinajstić information content (AvgIpc) is 2.85. The number of carboxylic acid groups (broad SMARTS) is 1. The first-order valence-electron chi connectivity index (χ1n) is 13.4. The molecule has 1 unspecified atom stereocenters. The normalized spacial score (nSPS) is 18.2. The van der Waals surface area contributed by atoms with Gasteiger partial charge in [0.2, 0.25) is 17.5 Å². The summed E-state index contributed by atoms with van der Waals surface area (Å²) in [7, 11) is 4.78. The molecule has 0 heterocycles. The zero-order valence-corrected chi connectivity index (χ0v) is 24.8. The minimum absolute atomic E-state index is 0.0208. The largest absolute Gasteiger partial charge is 0.480 e. The highest BCUT2D eigenvalue weighted by atomic mass is 33.1. The molecule has 0 aliphatic heterocycles. The van der Waals surface area contributed by atoms with E-state index in [-0.39, 0.29) is 29.4 Å². The lowest BCUT2D eigenvalue weighted by Gasteiger charge is -2.26. The number of amides is 3. The van der Waals surface area contributed by atoms with Crippen molar-refractivity contribution in [3.05, 3.63) is 0 Å². The standard InChI is InChI=1S/C27H44FN3O5S2/c1-21(24(34)35)31(4)23(33)14-17-26(2,3)38-37-20-19-29-22(32)13-9-8-12-18-30-25(36)27(28)15-10-6-5-7-11-16-27/h21H,5-10,12-15,17-20H2,1-4H3,(H,29,32)(H,30,36)(H,34,35)/t21-,27?/m0/s1. The molecule has 0 saturated carbocycles. The molecule has 0 aromatic heterocycles. The predicted molar refractivity (Wildman–Crippen MR) is 152 cm³/mol. The highest BCUT2D eigenvalue weighted by Gasteiger charge is 2.36. The molecule has 0 aromatic carbocycles. The van der Waals surface area contributed by atoms with Crippen LogP contribution in [0.1, 0.15) is 91.4 Å². The Hall–Kier alpha value is -1.93. The SMILES string of the molecule is C[C@@H](C(=O)O)N(C)C(=O)CCC(C)(C)SSCCNC(=O)CCCCCNC(=O)C1(F)C#CCCCCC1. The molecule has 38 heavy (non-hydrogen) atoms. The molecule has 0 spiro atoms. The van der Waals surface area contributed by atoms with E-state index in [9.17, 15) is 23.6 Å². The second-order valence-corrected chi connectivity index (χ2v) is 13.4. The van der Waals surface area contributed by atoms with Gasteiger partial charge < -0.3 is 20.6 Å². The van der Waals surface area contributed by atoms with E-state index in [2.05, 4.69) is 22.5 Å². The van der Waals surface area contributed by atoms with Crippen molar-refractivity contribution in [2.24, 2.45) is 0 Å². The number of hydrogen-bond donors (Lipinski definition) is 3. The first kappa shape index (κ1) is 34.1. The van der Waals surface area contributed by atoms with Gasteiger partial charge >= 0.3 is 5.97 Å². The Kier molecular flexibility index (Phi) is 15.8. The van der Waals surface area contributed by atoms with E-state index < -0.39 is 23.6 Å². The minimum Gasteiger partial charge on any atom is -0.480 e. The lowest BCUT2D eigenvalue weighted by Crippen LogP contribution is -2.43. The van der Waals surface area contributed by atoms with Gasteiger partial charge in [0.15, 0.2) is 0 Å². The number of alkyl halides is 1. The van der Waals surface area contributed by atoms with Crippen LogP contribution in [0.3, 0.4) is 0 Å². The molecule has 3 amide bonds. The maximum atomic E-state index is 14.8. The molecule has 0 fully saturated rings. The second-order valence-electron chi connectivity index (χ2n) is 10.3. The number of nitrogens with one attached hydrogen (secondary N) is 2. The summed E-state index contributed by atoms with van der Waals surface area (Å²) in [5, 5.41) is 14.6. The number of carboxylic acids is 1. The van der Waals surface area contributed by atoms with E-state index in [4.69, 9.17) is 5.11 Å². The van der Waals surface area contributed by atoms with Crippen molar-refractivity contribution >= 4 is 45.3 Å². The number of nitrogens with zero attached hydrogens (tertiary/aromatic N) is 1. The van der Waals surface area contributed by atoms with Crippen molar-refractivity contribution in [3.63, 3.8) is 0 Å². The van der Waals surface area contributed by atoms with Crippen LogP contribution in [0.5, 0.6) is 0 Å². The van der Waals surface area contributed by atoms with Crippen LogP contribution in [-0.2, 0) is 19.2 Å². The van der Waals surface area contributed by atoms with Gasteiger partial charge in [-0.2, -0.15) is 0 Å². The van der Waals surface area contributed by atoms with E-state index in [1.165, 1.54) is 18.9 Å². The number of rotatable bonds is 17. The molecule has 0 bridgehead atoms. The number of hydrogen-bond acceptors (Lipinski definition) is 6. The summed E-state index contributed by atoms with van der Waals surface area (Å²) in [5.74, 6) is 4.12. The molecule has 216 valence electrons. The summed E-state index contributed by atoms with van der Waals surface area (Å²) in [6.07, 6.45) is 6.71. The Morgan fingerprint density at radius 1 is 1.08 bits per heavy atom. The number of likely N-dealkylation sites (N-methyl/N-ethyl adjacent to an activating group) is 1. The van der Waals surface area contributed by atoms with Crippen LogP contribution in [0.2, 0.25) is 0 Å². The Bertz CT molecular complexity index is 861. The van der Waals surface area contributed by atoms with Crippen molar-refractivity contribution < 1.29 is 28.7 Å². The third-order valence-corrected chi connectivity index (χ3v) is 9.75. The fourth-order valence-corrected chi connectivity index (χ4v) is 6.13. The maximum absolute atomic E-state index is 14.8. The fraction of sp³-hybridized carbons (Fsp3) is 0.778. The molecule has 0 saturated heterocycles. The zero-order valence-electron chi connectivity index (χ0n) is 23.2. The minimum atomic E-state index is -2.08. The summed E-state index contributed by atoms with van der Waals surface area (Å²) < 4.78 is 14.6. The van der Waals surface area contributed by atoms with Gasteiger partial charge in [0.05, 0.1) is 0 Å². The summed E-state index contributed by atoms with van der Waals surface area (Å²) in [6.45, 7) is 6.48. The van der Waals surface area contributed by atoms with Crippen molar-refractivity contribution in [1.82, 2.24) is 15.5 Å². The van der Waals surface area contributed by atoms with Crippen LogP contribution in [0.25, 0.3) is 0 Å². The van der Waals surface area contributed by atoms with Crippen LogP contribution < -0.4 is 10.6 Å². The molecule has 2 atom stereocenters. The maximum Gasteiger partial charge on any atom is 0.326 e. The molecule has 11 heteroatoms. The van der Waals surface area contributed by atoms with E-state index >= 15 is 0 Å². The van der Waals surface area contributed by atoms with Gasteiger partial charge in [-0.05, 0) is 52.9 Å². The average molecular weight is 574 g/mol. The number of halogens is 1. The lowest BCUT2D eigenvalue weighted by molar-refractivity contribution is -0.148. The van der Waals surface area contributed by atoms with Crippen LogP contribution in [0, 0.1) is 11.8 Å². The smallest absolute Gasteiger partial charge is 0.326 e. The Labute approximate surface area is 234 Å². The van der Waals surface area contributed by atoms with Gasteiger partial charge in [-0.3, -0.25) is 14.4 Å². The molecule has 0 aromatic rings. The Balaban J connectivity index is 2.11. The lowest BCUT2D eigenvalue weighted by atomic mass is 9.94. The van der Waals surface area contributed by atoms with Crippen LogP contribution in [-0.4, -0.2) is 76.0 Å². The monoisotopic (exact) mass is 573 g/mol. The molecule has 3 N–H and O–H groups in total. The topological polar surface area (TPSA) is 116 Å². The van der Waals surface area contributed by atoms with Crippen molar-refractivity contribution in [2.45, 2.75) is 108 Å². The molecule has 0 radical (unpaired) electrons. The zero-order chi connectivity index (χ0) is 28.6. The van der Waals surface area contributed by atoms with Crippen molar-refractivity contribution in [1.29, 1.82) is 0 Å².